The summed E-state index contributed by atoms with van der Waals surface area (Å²) in [7, 11) is 0. The predicted molar refractivity (Wildman–Crippen MR) is 78.3 cm³/mol. The van der Waals surface area contributed by atoms with E-state index < -0.39 is 0 Å². The lowest BCUT2D eigenvalue weighted by molar-refractivity contribution is 1.09. The summed E-state index contributed by atoms with van der Waals surface area (Å²) in [4.78, 5) is 8.27. The van der Waals surface area contributed by atoms with E-state index in [1.165, 1.54) is 5.56 Å². The molecule has 19 heavy (non-hydrogen) atoms. The van der Waals surface area contributed by atoms with E-state index in [4.69, 9.17) is 5.73 Å². The molecule has 0 aliphatic carbocycles. The van der Waals surface area contributed by atoms with Crippen molar-refractivity contribution in [3.8, 4) is 0 Å². The number of nitrogens with zero attached hydrogens (tertiary/aromatic N) is 3. The Morgan fingerprint density at radius 1 is 1.32 bits per heavy atom. The smallest absolute Gasteiger partial charge is 0.224 e. The van der Waals surface area contributed by atoms with Crippen LogP contribution in [0.25, 0.3) is 11.0 Å². The number of halogens is 1. The highest BCUT2D eigenvalue weighted by atomic mass is 79.9. The standard InChI is InChI=1S/C12H11BrN6/c1-6-2-3-7(4-9(6)13)16-10-8-5-15-19-11(8)18-12(14)17-10/h2-5H,1H3,(H4,14,15,16,17,18,19). The van der Waals surface area contributed by atoms with Crippen LogP contribution in [0.15, 0.2) is 28.9 Å². The number of aryl methyl sites for hydroxylation is 1. The topological polar surface area (TPSA) is 92.5 Å². The molecule has 0 fully saturated rings. The average molecular weight is 319 g/mol. The Kier molecular flexibility index (Phi) is 2.83. The first-order valence-corrected chi connectivity index (χ1v) is 6.42. The fraction of sp³-hybridized carbons (Fsp3) is 0.0833. The van der Waals surface area contributed by atoms with Gasteiger partial charge >= 0.3 is 0 Å². The van der Waals surface area contributed by atoms with Gasteiger partial charge in [0.1, 0.15) is 5.82 Å². The van der Waals surface area contributed by atoms with E-state index in [2.05, 4.69) is 41.4 Å². The van der Waals surface area contributed by atoms with Gasteiger partial charge in [0.05, 0.1) is 11.6 Å². The minimum Gasteiger partial charge on any atom is -0.368 e. The van der Waals surface area contributed by atoms with E-state index in [1.54, 1.807) is 6.20 Å². The maximum atomic E-state index is 5.67. The Hall–Kier alpha value is -2.15. The predicted octanol–water partition coefficient (Wildman–Crippen LogP) is 2.75. The summed E-state index contributed by atoms with van der Waals surface area (Å²) < 4.78 is 1.03. The molecule has 0 radical (unpaired) electrons. The Labute approximate surface area is 117 Å². The van der Waals surface area contributed by atoms with Gasteiger partial charge in [-0.2, -0.15) is 15.1 Å². The quantitative estimate of drug-likeness (QED) is 0.675. The molecule has 96 valence electrons. The molecule has 0 unspecified atom stereocenters. The van der Waals surface area contributed by atoms with Crippen LogP contribution in [0, 0.1) is 6.92 Å². The second kappa shape index (κ2) is 4.51. The normalized spacial score (nSPS) is 10.8. The maximum Gasteiger partial charge on any atom is 0.224 e. The van der Waals surface area contributed by atoms with Crippen LogP contribution < -0.4 is 11.1 Å². The number of hydrogen-bond donors (Lipinski definition) is 3. The third kappa shape index (κ3) is 2.24. The van der Waals surface area contributed by atoms with Gasteiger partial charge in [0.25, 0.3) is 0 Å². The van der Waals surface area contributed by atoms with Crippen molar-refractivity contribution in [2.24, 2.45) is 0 Å². The van der Waals surface area contributed by atoms with Crippen LogP contribution in [0.5, 0.6) is 0 Å². The van der Waals surface area contributed by atoms with Gasteiger partial charge in [0, 0.05) is 10.2 Å². The summed E-state index contributed by atoms with van der Waals surface area (Å²) in [5.74, 6) is 0.831. The summed E-state index contributed by atoms with van der Waals surface area (Å²) in [6, 6.07) is 5.98. The van der Waals surface area contributed by atoms with E-state index >= 15 is 0 Å². The Balaban J connectivity index is 2.04. The number of benzene rings is 1. The summed E-state index contributed by atoms with van der Waals surface area (Å²) in [5.41, 5.74) is 8.37. The molecule has 2 aromatic heterocycles. The van der Waals surface area contributed by atoms with E-state index in [0.29, 0.717) is 11.5 Å². The van der Waals surface area contributed by atoms with Crippen LogP contribution in [-0.2, 0) is 0 Å². The molecule has 0 amide bonds. The zero-order chi connectivity index (χ0) is 13.4. The van der Waals surface area contributed by atoms with E-state index in [0.717, 1.165) is 15.5 Å². The molecule has 3 aromatic rings. The molecule has 0 aliphatic heterocycles. The molecule has 0 saturated carbocycles. The van der Waals surface area contributed by atoms with E-state index in [1.807, 2.05) is 25.1 Å². The van der Waals surface area contributed by atoms with Crippen molar-refractivity contribution in [3.05, 3.63) is 34.4 Å². The first-order valence-electron chi connectivity index (χ1n) is 5.63. The highest BCUT2D eigenvalue weighted by molar-refractivity contribution is 9.10. The largest absolute Gasteiger partial charge is 0.368 e. The van der Waals surface area contributed by atoms with Crippen molar-refractivity contribution in [1.82, 2.24) is 20.2 Å². The first kappa shape index (κ1) is 11.9. The second-order valence-corrected chi connectivity index (χ2v) is 5.01. The van der Waals surface area contributed by atoms with Gasteiger partial charge in [0.2, 0.25) is 5.95 Å². The fourth-order valence-electron chi connectivity index (χ4n) is 1.75. The highest BCUT2D eigenvalue weighted by Crippen LogP contribution is 2.26. The molecule has 7 heteroatoms. The molecule has 0 bridgehead atoms. The van der Waals surface area contributed by atoms with Gasteiger partial charge in [-0.25, -0.2) is 0 Å². The lowest BCUT2D eigenvalue weighted by Crippen LogP contribution is -2.00. The molecule has 0 spiro atoms. The summed E-state index contributed by atoms with van der Waals surface area (Å²) in [5, 5.41) is 10.7. The van der Waals surface area contributed by atoms with Gasteiger partial charge in [-0.15, -0.1) is 0 Å². The fourth-order valence-corrected chi connectivity index (χ4v) is 2.13. The van der Waals surface area contributed by atoms with Crippen LogP contribution in [-0.4, -0.2) is 20.2 Å². The summed E-state index contributed by atoms with van der Waals surface area (Å²) >= 11 is 3.50. The SMILES string of the molecule is Cc1ccc(Nc2nc(N)nc3[nH]ncc23)cc1Br. The third-order valence-electron chi connectivity index (χ3n) is 2.76. The Morgan fingerprint density at radius 3 is 2.95 bits per heavy atom. The number of aromatic nitrogens is 4. The van der Waals surface area contributed by atoms with Crippen molar-refractivity contribution < 1.29 is 0 Å². The molecule has 3 rings (SSSR count). The number of fused-ring (bicyclic) bond motifs is 1. The van der Waals surface area contributed by atoms with Gasteiger partial charge in [-0.3, -0.25) is 5.10 Å². The Bertz CT molecular complexity index is 751. The molecule has 2 heterocycles. The number of anilines is 3. The second-order valence-electron chi connectivity index (χ2n) is 4.15. The number of hydrogen-bond acceptors (Lipinski definition) is 5. The van der Waals surface area contributed by atoms with Gasteiger partial charge in [-0.05, 0) is 24.6 Å². The van der Waals surface area contributed by atoms with Crippen LogP contribution in [0.4, 0.5) is 17.5 Å². The number of nitrogens with two attached hydrogens (primary N) is 1. The Morgan fingerprint density at radius 2 is 2.16 bits per heavy atom. The van der Waals surface area contributed by atoms with E-state index in [-0.39, 0.29) is 5.95 Å². The molecule has 0 saturated heterocycles. The average Bonchev–Trinajstić information content (AvgIpc) is 2.82. The highest BCUT2D eigenvalue weighted by Gasteiger charge is 2.08. The minimum absolute atomic E-state index is 0.199. The van der Waals surface area contributed by atoms with Gasteiger partial charge in [0.15, 0.2) is 5.65 Å². The number of H-pyrrole nitrogens is 1. The zero-order valence-electron chi connectivity index (χ0n) is 10.1. The first-order chi connectivity index (χ1) is 9.13. The zero-order valence-corrected chi connectivity index (χ0v) is 11.7. The van der Waals surface area contributed by atoms with Crippen LogP contribution in [0.2, 0.25) is 0 Å². The number of rotatable bonds is 2. The number of nitrogen functional groups attached to an aromatic ring is 1. The van der Waals surface area contributed by atoms with Crippen molar-refractivity contribution in [2.45, 2.75) is 6.92 Å². The molecule has 0 aliphatic rings. The van der Waals surface area contributed by atoms with Crippen molar-refractivity contribution in [3.63, 3.8) is 0 Å². The maximum absolute atomic E-state index is 5.67. The lowest BCUT2D eigenvalue weighted by Gasteiger charge is -2.08. The minimum atomic E-state index is 0.199. The molecular weight excluding hydrogens is 308 g/mol. The monoisotopic (exact) mass is 318 g/mol. The van der Waals surface area contributed by atoms with Crippen LogP contribution in [0.1, 0.15) is 5.56 Å². The molecular formula is C12H11BrN6. The third-order valence-corrected chi connectivity index (χ3v) is 3.62. The molecule has 1 aromatic carbocycles. The molecule has 4 N–H and O–H groups in total. The van der Waals surface area contributed by atoms with Crippen LogP contribution in [0.3, 0.4) is 0 Å². The molecule has 6 nitrogen and oxygen atoms in total. The van der Waals surface area contributed by atoms with Gasteiger partial charge in [-0.1, -0.05) is 22.0 Å². The molecule has 0 atom stereocenters. The van der Waals surface area contributed by atoms with Crippen molar-refractivity contribution in [1.29, 1.82) is 0 Å². The lowest BCUT2D eigenvalue weighted by atomic mass is 10.2. The number of nitrogens with one attached hydrogen (secondary N) is 2. The van der Waals surface area contributed by atoms with Crippen LogP contribution >= 0.6 is 15.9 Å². The summed E-state index contributed by atoms with van der Waals surface area (Å²) in [6.07, 6.45) is 1.67. The van der Waals surface area contributed by atoms with E-state index in [9.17, 15) is 0 Å². The van der Waals surface area contributed by atoms with Crippen molar-refractivity contribution >= 4 is 44.4 Å². The van der Waals surface area contributed by atoms with Crippen molar-refractivity contribution in [2.75, 3.05) is 11.1 Å². The van der Waals surface area contributed by atoms with Gasteiger partial charge < -0.3 is 11.1 Å². The number of aromatic amines is 1. The summed E-state index contributed by atoms with van der Waals surface area (Å²) in [6.45, 7) is 2.03.